The molecule has 2 rings (SSSR count). The number of rotatable bonds is 3. The van der Waals surface area contributed by atoms with Crippen molar-refractivity contribution < 1.29 is 4.74 Å². The average molecular weight is 244 g/mol. The number of aryl methyl sites for hydroxylation is 2. The molecule has 0 aliphatic rings. The molecule has 0 saturated heterocycles. The molecule has 0 amide bonds. The van der Waals surface area contributed by atoms with Crippen molar-refractivity contribution in [3.05, 3.63) is 52.1 Å². The molecule has 0 unspecified atom stereocenters. The highest BCUT2D eigenvalue weighted by atomic mass is 16.5. The molecular weight excluding hydrogens is 228 g/mol. The van der Waals surface area contributed by atoms with Gasteiger partial charge in [-0.2, -0.15) is 0 Å². The Morgan fingerprint density at radius 3 is 2.83 bits per heavy atom. The van der Waals surface area contributed by atoms with Crippen molar-refractivity contribution in [2.45, 2.75) is 20.8 Å². The predicted octanol–water partition coefficient (Wildman–Crippen LogP) is 2.32. The molecule has 0 aliphatic carbocycles. The van der Waals surface area contributed by atoms with Crippen molar-refractivity contribution in [3.63, 3.8) is 0 Å². The molecule has 18 heavy (non-hydrogen) atoms. The van der Waals surface area contributed by atoms with E-state index in [9.17, 15) is 4.79 Å². The molecule has 94 valence electrons. The van der Waals surface area contributed by atoms with Crippen molar-refractivity contribution in [1.82, 2.24) is 9.38 Å². The van der Waals surface area contributed by atoms with Crippen molar-refractivity contribution in [2.75, 3.05) is 6.61 Å². The molecule has 0 saturated carbocycles. The van der Waals surface area contributed by atoms with Crippen molar-refractivity contribution in [1.29, 1.82) is 0 Å². The van der Waals surface area contributed by atoms with E-state index in [-0.39, 0.29) is 5.56 Å². The number of fused-ring (bicyclic) bond motifs is 1. The van der Waals surface area contributed by atoms with Gasteiger partial charge < -0.3 is 4.74 Å². The molecule has 2 aromatic rings. The van der Waals surface area contributed by atoms with Crippen LogP contribution in [0.15, 0.2) is 29.7 Å². The van der Waals surface area contributed by atoms with E-state index < -0.39 is 0 Å². The number of pyridine rings is 1. The number of ether oxygens (including phenoxy) is 1. The molecule has 0 aromatic carbocycles. The first-order chi connectivity index (χ1) is 8.52. The second-order valence-corrected chi connectivity index (χ2v) is 4.22. The van der Waals surface area contributed by atoms with E-state index >= 15 is 0 Å². The zero-order valence-corrected chi connectivity index (χ0v) is 10.9. The predicted molar refractivity (Wildman–Crippen MR) is 71.6 cm³/mol. The van der Waals surface area contributed by atoms with Gasteiger partial charge in [0, 0.05) is 18.0 Å². The lowest BCUT2D eigenvalue weighted by Crippen LogP contribution is -2.16. The van der Waals surface area contributed by atoms with E-state index in [1.807, 2.05) is 19.9 Å². The Morgan fingerprint density at radius 2 is 2.17 bits per heavy atom. The van der Waals surface area contributed by atoms with Gasteiger partial charge in [0.25, 0.3) is 5.56 Å². The second-order valence-electron chi connectivity index (χ2n) is 4.22. The smallest absolute Gasteiger partial charge is 0.258 e. The lowest BCUT2D eigenvalue weighted by molar-refractivity contribution is 0.299. The Morgan fingerprint density at radius 1 is 1.44 bits per heavy atom. The Balaban J connectivity index is 2.80. The molecule has 0 N–H and O–H groups in total. The maximum absolute atomic E-state index is 11.9. The van der Waals surface area contributed by atoms with Crippen LogP contribution in [0.1, 0.15) is 23.7 Å². The average Bonchev–Trinajstić information content (AvgIpc) is 2.29. The number of hydrogen-bond donors (Lipinski definition) is 0. The molecular formula is C14H16N2O2. The first-order valence-corrected chi connectivity index (χ1v) is 5.85. The summed E-state index contributed by atoms with van der Waals surface area (Å²) in [6.07, 6.45) is 1.77. The third kappa shape index (κ3) is 2.14. The van der Waals surface area contributed by atoms with Crippen LogP contribution in [0.3, 0.4) is 0 Å². The molecule has 2 aromatic heterocycles. The Bertz CT molecular complexity index is 671. The first-order valence-electron chi connectivity index (χ1n) is 5.85. The van der Waals surface area contributed by atoms with E-state index in [0.717, 1.165) is 11.1 Å². The minimum absolute atomic E-state index is 0.0910. The van der Waals surface area contributed by atoms with Crippen LogP contribution in [0.2, 0.25) is 0 Å². The van der Waals surface area contributed by atoms with Crippen molar-refractivity contribution in [2.24, 2.45) is 0 Å². The highest BCUT2D eigenvalue weighted by Gasteiger charge is 2.10. The lowest BCUT2D eigenvalue weighted by atomic mass is 10.1. The van der Waals surface area contributed by atoms with Crippen LogP contribution in [0.4, 0.5) is 0 Å². The van der Waals surface area contributed by atoms with Crippen molar-refractivity contribution >= 4 is 11.4 Å². The molecule has 4 heteroatoms. The van der Waals surface area contributed by atoms with Gasteiger partial charge in [0.05, 0.1) is 12.2 Å². The molecule has 0 spiro atoms. The van der Waals surface area contributed by atoms with Gasteiger partial charge in [0.2, 0.25) is 0 Å². The summed E-state index contributed by atoms with van der Waals surface area (Å²) in [6.45, 7) is 10.0. The fraction of sp³-hybridized carbons (Fsp3) is 0.286. The number of hydrogen-bond acceptors (Lipinski definition) is 3. The van der Waals surface area contributed by atoms with Crippen LogP contribution in [0.25, 0.3) is 11.4 Å². The Labute approximate surface area is 106 Å². The molecule has 4 nitrogen and oxygen atoms in total. The highest BCUT2D eigenvalue weighted by molar-refractivity contribution is 5.71. The second kappa shape index (κ2) is 4.64. The highest BCUT2D eigenvalue weighted by Crippen LogP contribution is 2.19. The van der Waals surface area contributed by atoms with Crippen LogP contribution in [0.5, 0.6) is 0 Å². The molecule has 0 atom stereocenters. The molecule has 0 fully saturated rings. The van der Waals surface area contributed by atoms with Gasteiger partial charge in [0.15, 0.2) is 5.65 Å². The fourth-order valence-corrected chi connectivity index (χ4v) is 1.91. The molecule has 0 aliphatic heterocycles. The number of aromatic nitrogens is 2. The largest absolute Gasteiger partial charge is 0.494 e. The van der Waals surface area contributed by atoms with E-state index in [1.165, 1.54) is 10.5 Å². The monoisotopic (exact) mass is 244 g/mol. The molecule has 0 bridgehead atoms. The van der Waals surface area contributed by atoms with E-state index in [0.29, 0.717) is 23.7 Å². The summed E-state index contributed by atoms with van der Waals surface area (Å²) >= 11 is 0. The normalized spacial score (nSPS) is 10.6. The first kappa shape index (κ1) is 12.4. The van der Waals surface area contributed by atoms with E-state index in [2.05, 4.69) is 11.6 Å². The van der Waals surface area contributed by atoms with Gasteiger partial charge in [-0.05, 0) is 32.4 Å². The third-order valence-corrected chi connectivity index (χ3v) is 2.64. The van der Waals surface area contributed by atoms with Crippen LogP contribution >= 0.6 is 0 Å². The van der Waals surface area contributed by atoms with Gasteiger partial charge in [-0.3, -0.25) is 9.20 Å². The van der Waals surface area contributed by atoms with Crippen LogP contribution in [0, 0.1) is 13.8 Å². The fourth-order valence-electron chi connectivity index (χ4n) is 1.91. The third-order valence-electron chi connectivity index (χ3n) is 2.64. The SMILES string of the molecule is C=C(OCC)c1cc(C)cn2c(=O)cc(C)nc12. The van der Waals surface area contributed by atoms with Crippen LogP contribution in [-0.2, 0) is 4.74 Å². The summed E-state index contributed by atoms with van der Waals surface area (Å²) in [5.41, 5.74) is 2.91. The number of nitrogens with zero attached hydrogens (tertiary/aromatic N) is 2. The maximum atomic E-state index is 11.9. The summed E-state index contributed by atoms with van der Waals surface area (Å²) in [7, 11) is 0. The zero-order valence-electron chi connectivity index (χ0n) is 10.9. The zero-order chi connectivity index (χ0) is 13.3. The van der Waals surface area contributed by atoms with E-state index in [1.54, 1.807) is 13.1 Å². The van der Waals surface area contributed by atoms with E-state index in [4.69, 9.17) is 4.74 Å². The summed E-state index contributed by atoms with van der Waals surface area (Å²) < 4.78 is 6.95. The summed E-state index contributed by atoms with van der Waals surface area (Å²) in [5, 5.41) is 0. The molecule has 0 radical (unpaired) electrons. The summed E-state index contributed by atoms with van der Waals surface area (Å²) in [4.78, 5) is 16.3. The van der Waals surface area contributed by atoms with Gasteiger partial charge in [-0.25, -0.2) is 4.98 Å². The van der Waals surface area contributed by atoms with Gasteiger partial charge in [0.1, 0.15) is 5.76 Å². The lowest BCUT2D eigenvalue weighted by Gasteiger charge is -2.11. The quantitative estimate of drug-likeness (QED) is 0.778. The summed E-state index contributed by atoms with van der Waals surface area (Å²) in [5.74, 6) is 0.538. The van der Waals surface area contributed by atoms with Crippen LogP contribution < -0.4 is 5.56 Å². The maximum Gasteiger partial charge on any atom is 0.258 e. The standard InChI is InChI=1S/C14H16N2O2/c1-5-18-11(4)12-6-9(2)8-16-13(17)7-10(3)15-14(12)16/h6-8H,4-5H2,1-3H3. The van der Waals surface area contributed by atoms with Gasteiger partial charge in [-0.1, -0.05) is 6.58 Å². The summed E-state index contributed by atoms with van der Waals surface area (Å²) in [6, 6.07) is 3.44. The van der Waals surface area contributed by atoms with Gasteiger partial charge >= 0.3 is 0 Å². The Hall–Kier alpha value is -2.10. The Kier molecular flexibility index (Phi) is 3.19. The molecule has 2 heterocycles. The van der Waals surface area contributed by atoms with Gasteiger partial charge in [-0.15, -0.1) is 0 Å². The van der Waals surface area contributed by atoms with Crippen LogP contribution in [-0.4, -0.2) is 16.0 Å². The van der Waals surface area contributed by atoms with Crippen molar-refractivity contribution in [3.8, 4) is 0 Å². The minimum Gasteiger partial charge on any atom is -0.494 e. The minimum atomic E-state index is -0.0910. The topological polar surface area (TPSA) is 43.6 Å².